The molecule has 0 aliphatic carbocycles. The van der Waals surface area contributed by atoms with E-state index in [-0.39, 0.29) is 5.91 Å². The number of hydrogen-bond acceptors (Lipinski definition) is 4. The minimum atomic E-state index is 0.106. The number of hydrogen-bond donors (Lipinski definition) is 1. The van der Waals surface area contributed by atoms with Crippen LogP contribution in [-0.4, -0.2) is 70.8 Å². The maximum Gasteiger partial charge on any atom is 0.257 e. The SMILES string of the molecule is Cn1cc(C(=O)N2CCN(C3CNC3)CC2)cn1. The fraction of sp³-hybridized carbons (Fsp3) is 0.667. The van der Waals surface area contributed by atoms with Crippen molar-refractivity contribution in [1.82, 2.24) is 24.9 Å². The monoisotopic (exact) mass is 249 g/mol. The lowest BCUT2D eigenvalue weighted by atomic mass is 10.1. The van der Waals surface area contributed by atoms with Crippen molar-refractivity contribution in [3.05, 3.63) is 18.0 Å². The minimum absolute atomic E-state index is 0.106. The number of amides is 1. The summed E-state index contributed by atoms with van der Waals surface area (Å²) in [6.07, 6.45) is 3.43. The van der Waals surface area contributed by atoms with Gasteiger partial charge in [-0.2, -0.15) is 5.10 Å². The zero-order valence-corrected chi connectivity index (χ0v) is 10.7. The predicted molar refractivity (Wildman–Crippen MR) is 67.3 cm³/mol. The van der Waals surface area contributed by atoms with Crippen LogP contribution >= 0.6 is 0 Å². The van der Waals surface area contributed by atoms with Gasteiger partial charge in [0, 0.05) is 58.6 Å². The number of aryl methyl sites for hydroxylation is 1. The molecule has 0 aromatic carbocycles. The molecule has 0 atom stereocenters. The topological polar surface area (TPSA) is 53.4 Å². The van der Waals surface area contributed by atoms with Crippen molar-refractivity contribution >= 4 is 5.91 Å². The van der Waals surface area contributed by atoms with Gasteiger partial charge in [-0.1, -0.05) is 0 Å². The minimum Gasteiger partial charge on any atom is -0.336 e. The molecule has 0 bridgehead atoms. The van der Waals surface area contributed by atoms with Gasteiger partial charge in [0.25, 0.3) is 5.91 Å². The third kappa shape index (κ3) is 2.13. The van der Waals surface area contributed by atoms with Gasteiger partial charge >= 0.3 is 0 Å². The molecular formula is C12H19N5O. The maximum absolute atomic E-state index is 12.2. The van der Waals surface area contributed by atoms with Crippen LogP contribution in [0.15, 0.2) is 12.4 Å². The summed E-state index contributed by atoms with van der Waals surface area (Å²) >= 11 is 0. The molecule has 98 valence electrons. The van der Waals surface area contributed by atoms with E-state index in [0.29, 0.717) is 11.6 Å². The van der Waals surface area contributed by atoms with Crippen molar-refractivity contribution in [2.45, 2.75) is 6.04 Å². The molecule has 2 aliphatic heterocycles. The number of nitrogens with zero attached hydrogens (tertiary/aromatic N) is 4. The van der Waals surface area contributed by atoms with E-state index in [1.54, 1.807) is 17.1 Å². The predicted octanol–water partition coefficient (Wildman–Crippen LogP) is -0.850. The lowest BCUT2D eigenvalue weighted by molar-refractivity contribution is 0.0502. The maximum atomic E-state index is 12.2. The Labute approximate surface area is 107 Å². The highest BCUT2D eigenvalue weighted by atomic mass is 16.2. The van der Waals surface area contributed by atoms with Crippen LogP contribution in [0.4, 0.5) is 0 Å². The smallest absolute Gasteiger partial charge is 0.257 e. The molecule has 2 aliphatic rings. The molecule has 3 rings (SSSR count). The second-order valence-electron chi connectivity index (χ2n) is 5.04. The van der Waals surface area contributed by atoms with Crippen LogP contribution in [0.2, 0.25) is 0 Å². The molecule has 0 saturated carbocycles. The van der Waals surface area contributed by atoms with Crippen LogP contribution in [0.1, 0.15) is 10.4 Å². The van der Waals surface area contributed by atoms with Gasteiger partial charge in [0.05, 0.1) is 11.8 Å². The molecule has 18 heavy (non-hydrogen) atoms. The van der Waals surface area contributed by atoms with Crippen molar-refractivity contribution < 1.29 is 4.79 Å². The average molecular weight is 249 g/mol. The summed E-state index contributed by atoms with van der Waals surface area (Å²) in [6.45, 7) is 5.80. The van der Waals surface area contributed by atoms with E-state index < -0.39 is 0 Å². The van der Waals surface area contributed by atoms with Crippen molar-refractivity contribution in [2.24, 2.45) is 7.05 Å². The summed E-state index contributed by atoms with van der Waals surface area (Å²) < 4.78 is 1.67. The normalized spacial score (nSPS) is 21.9. The fourth-order valence-corrected chi connectivity index (χ4v) is 2.54. The Bertz CT molecular complexity index is 431. The van der Waals surface area contributed by atoms with Crippen LogP contribution < -0.4 is 5.32 Å². The molecule has 1 N–H and O–H groups in total. The summed E-state index contributed by atoms with van der Waals surface area (Å²) in [6, 6.07) is 0.681. The fourth-order valence-electron chi connectivity index (χ4n) is 2.54. The van der Waals surface area contributed by atoms with Crippen molar-refractivity contribution in [3.63, 3.8) is 0 Å². The van der Waals surface area contributed by atoms with E-state index in [4.69, 9.17) is 0 Å². The highest BCUT2D eigenvalue weighted by Gasteiger charge is 2.29. The summed E-state index contributed by atoms with van der Waals surface area (Å²) in [7, 11) is 1.83. The van der Waals surface area contributed by atoms with Gasteiger partial charge in [-0.15, -0.1) is 0 Å². The summed E-state index contributed by atoms with van der Waals surface area (Å²) in [5.41, 5.74) is 0.691. The first kappa shape index (κ1) is 11.7. The van der Waals surface area contributed by atoms with Crippen molar-refractivity contribution in [3.8, 4) is 0 Å². The van der Waals surface area contributed by atoms with E-state index in [9.17, 15) is 4.79 Å². The molecule has 1 amide bonds. The Morgan fingerprint density at radius 1 is 1.33 bits per heavy atom. The number of carbonyl (C=O) groups is 1. The summed E-state index contributed by atoms with van der Waals surface area (Å²) in [5.74, 6) is 0.106. The van der Waals surface area contributed by atoms with Crippen LogP contribution in [0.3, 0.4) is 0 Å². The van der Waals surface area contributed by atoms with Crippen LogP contribution in [0.5, 0.6) is 0 Å². The second kappa shape index (κ2) is 4.70. The van der Waals surface area contributed by atoms with Gasteiger partial charge in [0.2, 0.25) is 0 Å². The summed E-state index contributed by atoms with van der Waals surface area (Å²) in [4.78, 5) is 16.6. The van der Waals surface area contributed by atoms with Gasteiger partial charge in [0.1, 0.15) is 0 Å². The van der Waals surface area contributed by atoms with E-state index in [2.05, 4.69) is 15.3 Å². The number of nitrogens with one attached hydrogen (secondary N) is 1. The Kier molecular flexibility index (Phi) is 3.05. The molecule has 2 saturated heterocycles. The third-order valence-electron chi connectivity index (χ3n) is 3.83. The molecule has 1 aromatic heterocycles. The first-order valence-corrected chi connectivity index (χ1v) is 6.47. The van der Waals surface area contributed by atoms with Crippen LogP contribution in [-0.2, 0) is 7.05 Å². The first-order valence-electron chi connectivity index (χ1n) is 6.47. The number of carbonyl (C=O) groups excluding carboxylic acids is 1. The molecule has 6 heteroatoms. The third-order valence-corrected chi connectivity index (χ3v) is 3.83. The van der Waals surface area contributed by atoms with Crippen molar-refractivity contribution in [1.29, 1.82) is 0 Å². The van der Waals surface area contributed by atoms with E-state index in [1.807, 2.05) is 11.9 Å². The zero-order valence-electron chi connectivity index (χ0n) is 10.7. The Hall–Kier alpha value is -1.40. The lowest BCUT2D eigenvalue weighted by Crippen LogP contribution is -2.62. The average Bonchev–Trinajstić information content (AvgIpc) is 2.74. The van der Waals surface area contributed by atoms with Gasteiger partial charge in [0.15, 0.2) is 0 Å². The largest absolute Gasteiger partial charge is 0.336 e. The Morgan fingerprint density at radius 2 is 2.06 bits per heavy atom. The molecular weight excluding hydrogens is 230 g/mol. The zero-order chi connectivity index (χ0) is 12.5. The van der Waals surface area contributed by atoms with E-state index in [1.165, 1.54) is 0 Å². The number of piperazine rings is 1. The number of rotatable bonds is 2. The number of aromatic nitrogens is 2. The highest BCUT2D eigenvalue weighted by Crippen LogP contribution is 2.12. The molecule has 6 nitrogen and oxygen atoms in total. The molecule has 0 spiro atoms. The molecule has 0 radical (unpaired) electrons. The lowest BCUT2D eigenvalue weighted by Gasteiger charge is -2.43. The molecule has 1 aromatic rings. The standard InChI is InChI=1S/C12H19N5O/c1-15-9-10(6-14-15)12(18)17-4-2-16(3-5-17)11-7-13-8-11/h6,9,11,13H,2-5,7-8H2,1H3. The van der Waals surface area contributed by atoms with E-state index in [0.717, 1.165) is 39.3 Å². The van der Waals surface area contributed by atoms with Gasteiger partial charge in [-0.25, -0.2) is 0 Å². The molecule has 2 fully saturated rings. The van der Waals surface area contributed by atoms with E-state index >= 15 is 0 Å². The molecule has 0 unspecified atom stereocenters. The van der Waals surface area contributed by atoms with Crippen LogP contribution in [0, 0.1) is 0 Å². The van der Waals surface area contributed by atoms with Crippen LogP contribution in [0.25, 0.3) is 0 Å². The highest BCUT2D eigenvalue weighted by molar-refractivity contribution is 5.93. The van der Waals surface area contributed by atoms with Gasteiger partial charge < -0.3 is 10.2 Å². The van der Waals surface area contributed by atoms with Gasteiger partial charge in [-0.3, -0.25) is 14.4 Å². The summed E-state index contributed by atoms with van der Waals surface area (Å²) in [5, 5.41) is 7.34. The Balaban J connectivity index is 1.57. The second-order valence-corrected chi connectivity index (χ2v) is 5.04. The van der Waals surface area contributed by atoms with Crippen molar-refractivity contribution in [2.75, 3.05) is 39.3 Å². The van der Waals surface area contributed by atoms with Gasteiger partial charge in [-0.05, 0) is 0 Å². The first-order chi connectivity index (χ1) is 8.74. The quantitative estimate of drug-likeness (QED) is 0.742. The molecule has 3 heterocycles. The Morgan fingerprint density at radius 3 is 2.56 bits per heavy atom.